The molecule has 4 N–H and O–H groups in total. The Hall–Kier alpha value is -1.61. The molecule has 0 unspecified atom stereocenters. The molecule has 19 heavy (non-hydrogen) atoms. The minimum absolute atomic E-state index is 0.0926. The second-order valence-electron chi connectivity index (χ2n) is 4.53. The van der Waals surface area contributed by atoms with Crippen molar-refractivity contribution < 1.29 is 17.7 Å². The molecule has 2 rings (SSSR count). The lowest BCUT2D eigenvalue weighted by Crippen LogP contribution is -2.41. The number of hydrogen-bond donors (Lipinski definition) is 2. The van der Waals surface area contributed by atoms with E-state index >= 15 is 0 Å². The van der Waals surface area contributed by atoms with Crippen molar-refractivity contribution in [3.63, 3.8) is 0 Å². The maximum Gasteiger partial charge on any atom is 0.250 e. The Morgan fingerprint density at radius 1 is 1.42 bits per heavy atom. The number of nitrogens with zero attached hydrogens (tertiary/aromatic N) is 2. The van der Waals surface area contributed by atoms with Crippen molar-refractivity contribution in [2.75, 3.05) is 18.8 Å². The first kappa shape index (κ1) is 13.8. The minimum Gasteiger partial charge on any atom is -0.380 e. The Morgan fingerprint density at radius 3 is 2.42 bits per heavy atom. The van der Waals surface area contributed by atoms with Crippen molar-refractivity contribution in [2.24, 2.45) is 11.7 Å². The van der Waals surface area contributed by atoms with E-state index in [9.17, 15) is 13.2 Å². The third kappa shape index (κ3) is 2.43. The summed E-state index contributed by atoms with van der Waals surface area (Å²) >= 11 is 0. The predicted molar refractivity (Wildman–Crippen MR) is 66.3 cm³/mol. The second-order valence-corrected chi connectivity index (χ2v) is 6.41. The van der Waals surface area contributed by atoms with Gasteiger partial charge in [0.15, 0.2) is 16.5 Å². The first-order valence-electron chi connectivity index (χ1n) is 5.85. The number of aromatic nitrogens is 1. The molecule has 9 heteroatoms. The highest BCUT2D eigenvalue weighted by Gasteiger charge is 2.35. The summed E-state index contributed by atoms with van der Waals surface area (Å²) in [7, 11) is -3.73. The fraction of sp³-hybridized carbons (Fsp3) is 0.600. The molecule has 0 spiro atoms. The number of anilines is 1. The van der Waals surface area contributed by atoms with Crippen LogP contribution in [0.25, 0.3) is 0 Å². The van der Waals surface area contributed by atoms with Gasteiger partial charge in [0, 0.05) is 19.0 Å². The number of carbonyl (C=O) groups excluding carboxylic acids is 1. The third-order valence-electron chi connectivity index (χ3n) is 3.29. The zero-order valence-corrected chi connectivity index (χ0v) is 11.3. The maximum absolute atomic E-state index is 12.4. The Labute approximate surface area is 110 Å². The van der Waals surface area contributed by atoms with Crippen molar-refractivity contribution in [1.82, 2.24) is 9.46 Å². The van der Waals surface area contributed by atoms with Crippen LogP contribution in [0.2, 0.25) is 0 Å². The Balaban J connectivity index is 2.21. The van der Waals surface area contributed by atoms with Gasteiger partial charge < -0.3 is 16.0 Å². The van der Waals surface area contributed by atoms with E-state index in [0.29, 0.717) is 12.8 Å². The summed E-state index contributed by atoms with van der Waals surface area (Å²) < 4.78 is 30.8. The number of rotatable bonds is 3. The number of hydrogen-bond acceptors (Lipinski definition) is 6. The van der Waals surface area contributed by atoms with E-state index in [1.54, 1.807) is 0 Å². The monoisotopic (exact) mass is 288 g/mol. The average molecular weight is 288 g/mol. The van der Waals surface area contributed by atoms with Crippen LogP contribution in [0.4, 0.5) is 5.82 Å². The van der Waals surface area contributed by atoms with E-state index in [1.165, 1.54) is 11.2 Å². The molecular weight excluding hydrogens is 272 g/mol. The molecule has 1 aromatic heterocycles. The smallest absolute Gasteiger partial charge is 0.250 e. The molecule has 0 radical (unpaired) electrons. The molecule has 1 amide bonds. The molecule has 0 bridgehead atoms. The maximum atomic E-state index is 12.4. The van der Waals surface area contributed by atoms with E-state index in [-0.39, 0.29) is 35.5 Å². The summed E-state index contributed by atoms with van der Waals surface area (Å²) in [6, 6.07) is 0. The summed E-state index contributed by atoms with van der Waals surface area (Å²) in [5.41, 5.74) is 10.7. The largest absolute Gasteiger partial charge is 0.380 e. The molecule has 1 aliphatic heterocycles. The zero-order chi connectivity index (χ0) is 14.2. The molecule has 8 nitrogen and oxygen atoms in total. The van der Waals surface area contributed by atoms with Crippen LogP contribution in [-0.4, -0.2) is 36.9 Å². The van der Waals surface area contributed by atoms with E-state index in [1.807, 2.05) is 0 Å². The van der Waals surface area contributed by atoms with Crippen LogP contribution < -0.4 is 11.5 Å². The standard InChI is InChI=1S/C10H16N4O4S/c1-6-8(9(11)13-18-6)19(16,17)14-4-2-7(3-5-14)10(12)15/h7H,2-5H2,1H3,(H2,11,13)(H2,12,15). The summed E-state index contributed by atoms with van der Waals surface area (Å²) in [5.74, 6) is -0.644. The van der Waals surface area contributed by atoms with Gasteiger partial charge >= 0.3 is 0 Å². The van der Waals surface area contributed by atoms with Crippen LogP contribution in [0.15, 0.2) is 9.42 Å². The van der Waals surface area contributed by atoms with E-state index in [2.05, 4.69) is 5.16 Å². The van der Waals surface area contributed by atoms with Gasteiger partial charge in [-0.3, -0.25) is 4.79 Å². The number of nitrogen functional groups attached to an aromatic ring is 1. The number of carbonyl (C=O) groups is 1. The lowest BCUT2D eigenvalue weighted by atomic mass is 9.98. The summed E-state index contributed by atoms with van der Waals surface area (Å²) in [6.07, 6.45) is 0.831. The van der Waals surface area contributed by atoms with Crippen molar-refractivity contribution in [3.05, 3.63) is 5.76 Å². The van der Waals surface area contributed by atoms with Crippen LogP contribution in [0.3, 0.4) is 0 Å². The van der Waals surface area contributed by atoms with Crippen molar-refractivity contribution in [3.8, 4) is 0 Å². The highest BCUT2D eigenvalue weighted by Crippen LogP contribution is 2.28. The predicted octanol–water partition coefficient (Wildman–Crippen LogP) is -0.549. The SMILES string of the molecule is Cc1onc(N)c1S(=O)(=O)N1CCC(C(N)=O)CC1. The molecule has 106 valence electrons. The van der Waals surface area contributed by atoms with Crippen LogP contribution in [0.1, 0.15) is 18.6 Å². The normalized spacial score (nSPS) is 18.6. The molecule has 0 saturated carbocycles. The van der Waals surface area contributed by atoms with E-state index < -0.39 is 15.9 Å². The third-order valence-corrected chi connectivity index (χ3v) is 5.34. The number of nitrogens with two attached hydrogens (primary N) is 2. The van der Waals surface area contributed by atoms with E-state index in [4.69, 9.17) is 16.0 Å². The Morgan fingerprint density at radius 2 is 2.00 bits per heavy atom. The van der Waals surface area contributed by atoms with Gasteiger partial charge in [0.05, 0.1) is 0 Å². The topological polar surface area (TPSA) is 133 Å². The number of amides is 1. The van der Waals surface area contributed by atoms with Gasteiger partial charge in [-0.2, -0.15) is 4.31 Å². The first-order chi connectivity index (χ1) is 8.84. The van der Waals surface area contributed by atoms with Crippen LogP contribution in [-0.2, 0) is 14.8 Å². The van der Waals surface area contributed by atoms with Crippen molar-refractivity contribution >= 4 is 21.7 Å². The van der Waals surface area contributed by atoms with Gasteiger partial charge in [0.2, 0.25) is 15.9 Å². The van der Waals surface area contributed by atoms with Crippen LogP contribution in [0.5, 0.6) is 0 Å². The van der Waals surface area contributed by atoms with Gasteiger partial charge in [0.25, 0.3) is 0 Å². The lowest BCUT2D eigenvalue weighted by molar-refractivity contribution is -0.122. The quantitative estimate of drug-likeness (QED) is 0.766. The van der Waals surface area contributed by atoms with Crippen LogP contribution >= 0.6 is 0 Å². The molecule has 0 atom stereocenters. The molecule has 1 saturated heterocycles. The van der Waals surface area contributed by atoms with Crippen molar-refractivity contribution in [2.45, 2.75) is 24.7 Å². The fourth-order valence-corrected chi connectivity index (χ4v) is 3.86. The molecule has 1 aliphatic rings. The van der Waals surface area contributed by atoms with Gasteiger partial charge in [-0.05, 0) is 19.8 Å². The van der Waals surface area contributed by atoms with Gasteiger partial charge in [-0.15, -0.1) is 0 Å². The molecule has 1 fully saturated rings. The summed E-state index contributed by atoms with van der Waals surface area (Å²) in [6.45, 7) is 1.96. The Kier molecular flexibility index (Phi) is 3.50. The van der Waals surface area contributed by atoms with Gasteiger partial charge in [0.1, 0.15) is 0 Å². The highest BCUT2D eigenvalue weighted by atomic mass is 32.2. The number of piperidine rings is 1. The number of sulfonamides is 1. The molecule has 1 aromatic rings. The van der Waals surface area contributed by atoms with Crippen molar-refractivity contribution in [1.29, 1.82) is 0 Å². The lowest BCUT2D eigenvalue weighted by Gasteiger charge is -2.29. The van der Waals surface area contributed by atoms with Gasteiger partial charge in [-0.1, -0.05) is 5.16 Å². The molecule has 0 aliphatic carbocycles. The van der Waals surface area contributed by atoms with Gasteiger partial charge in [-0.25, -0.2) is 8.42 Å². The fourth-order valence-electron chi connectivity index (χ4n) is 2.20. The molecule has 2 heterocycles. The number of primary amides is 1. The van der Waals surface area contributed by atoms with Crippen LogP contribution in [0, 0.1) is 12.8 Å². The minimum atomic E-state index is -3.73. The first-order valence-corrected chi connectivity index (χ1v) is 7.29. The summed E-state index contributed by atoms with van der Waals surface area (Å²) in [4.78, 5) is 11.0. The highest BCUT2D eigenvalue weighted by molar-refractivity contribution is 7.89. The average Bonchev–Trinajstić information content (AvgIpc) is 2.69. The zero-order valence-electron chi connectivity index (χ0n) is 10.5. The summed E-state index contributed by atoms with van der Waals surface area (Å²) in [5, 5.41) is 3.44. The second kappa shape index (κ2) is 4.82. The number of aryl methyl sites for hydroxylation is 1. The Bertz CT molecular complexity index is 567. The molecular formula is C10H16N4O4S. The van der Waals surface area contributed by atoms with E-state index in [0.717, 1.165) is 0 Å². The molecule has 0 aromatic carbocycles.